The SMILES string of the molecule is CC(C)(C)NCC(=O)N(Cc1cccs1)Cc1cccs1. The highest BCUT2D eigenvalue weighted by molar-refractivity contribution is 7.10. The van der Waals surface area contributed by atoms with Crippen LogP contribution in [0.2, 0.25) is 0 Å². The molecular weight excluding hydrogens is 300 g/mol. The summed E-state index contributed by atoms with van der Waals surface area (Å²) < 4.78 is 0. The van der Waals surface area contributed by atoms with Crippen molar-refractivity contribution in [1.29, 1.82) is 0 Å². The summed E-state index contributed by atoms with van der Waals surface area (Å²) in [7, 11) is 0. The Hall–Kier alpha value is -1.17. The molecule has 3 nitrogen and oxygen atoms in total. The quantitative estimate of drug-likeness (QED) is 0.879. The first-order valence-corrected chi connectivity index (χ1v) is 8.77. The first kappa shape index (κ1) is 16.2. The lowest BCUT2D eigenvalue weighted by atomic mass is 10.1. The Labute approximate surface area is 134 Å². The molecular formula is C16H22N2OS2. The van der Waals surface area contributed by atoms with E-state index in [-0.39, 0.29) is 11.4 Å². The number of carbonyl (C=O) groups excluding carboxylic acids is 1. The molecule has 2 aromatic rings. The lowest BCUT2D eigenvalue weighted by Crippen LogP contribution is -2.44. The molecule has 0 fully saturated rings. The fourth-order valence-corrected chi connectivity index (χ4v) is 3.31. The van der Waals surface area contributed by atoms with Crippen LogP contribution in [0.15, 0.2) is 35.0 Å². The second-order valence-corrected chi connectivity index (χ2v) is 8.08. The fourth-order valence-electron chi connectivity index (χ4n) is 1.87. The predicted molar refractivity (Wildman–Crippen MR) is 90.6 cm³/mol. The number of hydrogen-bond donors (Lipinski definition) is 1. The summed E-state index contributed by atoms with van der Waals surface area (Å²) in [4.78, 5) is 16.9. The zero-order chi connectivity index (χ0) is 15.3. The Morgan fingerprint density at radius 2 is 1.62 bits per heavy atom. The molecule has 114 valence electrons. The van der Waals surface area contributed by atoms with Crippen LogP contribution in [0.1, 0.15) is 30.5 Å². The standard InChI is InChI=1S/C16H22N2OS2/c1-16(2,3)17-10-15(19)18(11-13-6-4-8-20-13)12-14-7-5-9-21-14/h4-9,17H,10-12H2,1-3H3. The Bertz CT molecular complexity index is 505. The van der Waals surface area contributed by atoms with Crippen LogP contribution in [0.5, 0.6) is 0 Å². The van der Waals surface area contributed by atoms with Gasteiger partial charge < -0.3 is 10.2 Å². The van der Waals surface area contributed by atoms with Crippen molar-refractivity contribution in [2.75, 3.05) is 6.54 Å². The number of hydrogen-bond acceptors (Lipinski definition) is 4. The van der Waals surface area contributed by atoms with Gasteiger partial charge in [0.05, 0.1) is 19.6 Å². The topological polar surface area (TPSA) is 32.3 Å². The van der Waals surface area contributed by atoms with E-state index in [1.165, 1.54) is 9.75 Å². The molecule has 0 bridgehead atoms. The summed E-state index contributed by atoms with van der Waals surface area (Å²) in [6.07, 6.45) is 0. The molecule has 0 saturated carbocycles. The third kappa shape index (κ3) is 5.61. The minimum atomic E-state index is -0.0484. The smallest absolute Gasteiger partial charge is 0.237 e. The number of nitrogens with one attached hydrogen (secondary N) is 1. The van der Waals surface area contributed by atoms with Crippen molar-refractivity contribution in [3.63, 3.8) is 0 Å². The van der Waals surface area contributed by atoms with E-state index >= 15 is 0 Å². The molecule has 0 spiro atoms. The lowest BCUT2D eigenvalue weighted by molar-refractivity contribution is -0.131. The molecule has 0 saturated heterocycles. The molecule has 0 radical (unpaired) electrons. The van der Waals surface area contributed by atoms with Crippen LogP contribution in [0.3, 0.4) is 0 Å². The van der Waals surface area contributed by atoms with E-state index in [9.17, 15) is 4.79 Å². The summed E-state index contributed by atoms with van der Waals surface area (Å²) in [6.45, 7) is 7.95. The summed E-state index contributed by atoms with van der Waals surface area (Å²) in [6, 6.07) is 8.22. The van der Waals surface area contributed by atoms with Gasteiger partial charge in [-0.3, -0.25) is 4.79 Å². The van der Waals surface area contributed by atoms with Gasteiger partial charge in [0.2, 0.25) is 5.91 Å². The van der Waals surface area contributed by atoms with Gasteiger partial charge in [-0.1, -0.05) is 12.1 Å². The van der Waals surface area contributed by atoms with Gasteiger partial charge >= 0.3 is 0 Å². The lowest BCUT2D eigenvalue weighted by Gasteiger charge is -2.25. The maximum Gasteiger partial charge on any atom is 0.237 e. The third-order valence-electron chi connectivity index (χ3n) is 2.98. The van der Waals surface area contributed by atoms with E-state index in [4.69, 9.17) is 0 Å². The Morgan fingerprint density at radius 3 is 2.00 bits per heavy atom. The summed E-state index contributed by atoms with van der Waals surface area (Å²) >= 11 is 3.39. The zero-order valence-corrected chi connectivity index (χ0v) is 14.4. The van der Waals surface area contributed by atoms with Crippen LogP contribution in [-0.2, 0) is 17.9 Å². The highest BCUT2D eigenvalue weighted by Crippen LogP contribution is 2.17. The molecule has 0 atom stereocenters. The van der Waals surface area contributed by atoms with Gasteiger partial charge in [0.25, 0.3) is 0 Å². The maximum absolute atomic E-state index is 12.5. The average Bonchev–Trinajstić information content (AvgIpc) is 3.07. The van der Waals surface area contributed by atoms with E-state index in [1.807, 2.05) is 17.0 Å². The number of amides is 1. The highest BCUT2D eigenvalue weighted by Gasteiger charge is 2.18. The van der Waals surface area contributed by atoms with Gasteiger partial charge in [-0.2, -0.15) is 0 Å². The van der Waals surface area contributed by atoms with E-state index in [0.717, 1.165) is 0 Å². The van der Waals surface area contributed by atoms with Gasteiger partial charge in [0.15, 0.2) is 0 Å². The average molecular weight is 322 g/mol. The normalized spacial score (nSPS) is 11.6. The zero-order valence-electron chi connectivity index (χ0n) is 12.8. The van der Waals surface area contributed by atoms with Crippen LogP contribution in [0.4, 0.5) is 0 Å². The molecule has 0 aromatic carbocycles. The van der Waals surface area contributed by atoms with Gasteiger partial charge in [0, 0.05) is 15.3 Å². The number of carbonyl (C=O) groups is 1. The van der Waals surface area contributed by atoms with Crippen molar-refractivity contribution in [3.8, 4) is 0 Å². The largest absolute Gasteiger partial charge is 0.331 e. The van der Waals surface area contributed by atoms with Gasteiger partial charge in [-0.05, 0) is 43.7 Å². The fraction of sp³-hybridized carbons (Fsp3) is 0.438. The first-order valence-electron chi connectivity index (χ1n) is 7.01. The molecule has 0 unspecified atom stereocenters. The van der Waals surface area contributed by atoms with E-state index in [2.05, 4.69) is 49.0 Å². The summed E-state index contributed by atoms with van der Waals surface area (Å²) in [5, 5.41) is 7.38. The highest BCUT2D eigenvalue weighted by atomic mass is 32.1. The monoisotopic (exact) mass is 322 g/mol. The van der Waals surface area contributed by atoms with E-state index in [0.29, 0.717) is 19.6 Å². The molecule has 2 rings (SSSR count). The Kier molecular flexibility index (Phi) is 5.56. The van der Waals surface area contributed by atoms with Crippen LogP contribution in [0, 0.1) is 0 Å². The van der Waals surface area contributed by atoms with E-state index in [1.54, 1.807) is 22.7 Å². The Balaban J connectivity index is 2.01. The molecule has 0 aliphatic heterocycles. The minimum absolute atomic E-state index is 0.0484. The molecule has 1 amide bonds. The second kappa shape index (κ2) is 7.20. The first-order chi connectivity index (χ1) is 9.94. The van der Waals surface area contributed by atoms with Crippen molar-refractivity contribution in [3.05, 3.63) is 44.8 Å². The molecule has 1 N–H and O–H groups in total. The second-order valence-electron chi connectivity index (χ2n) is 6.01. The number of nitrogens with zero attached hydrogens (tertiary/aromatic N) is 1. The van der Waals surface area contributed by atoms with Crippen molar-refractivity contribution < 1.29 is 4.79 Å². The number of thiophene rings is 2. The predicted octanol–water partition coefficient (Wildman–Crippen LogP) is 3.73. The minimum Gasteiger partial charge on any atom is -0.331 e. The Morgan fingerprint density at radius 1 is 1.10 bits per heavy atom. The van der Waals surface area contributed by atoms with Crippen LogP contribution < -0.4 is 5.32 Å². The van der Waals surface area contributed by atoms with Gasteiger partial charge in [-0.15, -0.1) is 22.7 Å². The van der Waals surface area contributed by atoms with Crippen molar-refractivity contribution in [2.24, 2.45) is 0 Å². The molecule has 21 heavy (non-hydrogen) atoms. The maximum atomic E-state index is 12.5. The van der Waals surface area contributed by atoms with Gasteiger partial charge in [0.1, 0.15) is 0 Å². The van der Waals surface area contributed by atoms with E-state index < -0.39 is 0 Å². The third-order valence-corrected chi connectivity index (χ3v) is 4.70. The summed E-state index contributed by atoms with van der Waals surface area (Å²) in [5.74, 6) is 0.145. The van der Waals surface area contributed by atoms with Crippen molar-refractivity contribution >= 4 is 28.6 Å². The molecule has 2 heterocycles. The molecule has 0 aliphatic rings. The van der Waals surface area contributed by atoms with Crippen molar-refractivity contribution in [1.82, 2.24) is 10.2 Å². The molecule has 0 aliphatic carbocycles. The van der Waals surface area contributed by atoms with Crippen molar-refractivity contribution in [2.45, 2.75) is 39.4 Å². The summed E-state index contributed by atoms with van der Waals surface area (Å²) in [5.41, 5.74) is -0.0484. The number of rotatable bonds is 6. The van der Waals surface area contributed by atoms with Crippen LogP contribution >= 0.6 is 22.7 Å². The van der Waals surface area contributed by atoms with Crippen LogP contribution in [0.25, 0.3) is 0 Å². The molecule has 5 heteroatoms. The molecule has 2 aromatic heterocycles. The van der Waals surface area contributed by atoms with Gasteiger partial charge in [-0.25, -0.2) is 0 Å². The van der Waals surface area contributed by atoms with Crippen LogP contribution in [-0.4, -0.2) is 22.9 Å².